The molecule has 0 aromatic carbocycles. The molecule has 1 rings (SSSR count). The van der Waals surface area contributed by atoms with Crippen molar-refractivity contribution in [3.63, 3.8) is 0 Å². The monoisotopic (exact) mass is 220 g/mol. The van der Waals surface area contributed by atoms with E-state index in [1.807, 2.05) is 21.6 Å². The van der Waals surface area contributed by atoms with Gasteiger partial charge in [0.15, 0.2) is 0 Å². The van der Waals surface area contributed by atoms with E-state index in [0.717, 1.165) is 18.1 Å². The Morgan fingerprint density at radius 3 is 3.00 bits per heavy atom. The first-order valence-electron chi connectivity index (χ1n) is 4.68. The number of carbonyl (C=O) groups is 1. The maximum absolute atomic E-state index is 10.8. The molecule has 1 fully saturated rings. The topological polar surface area (TPSA) is 26.3 Å². The number of ether oxygens (including phenoxy) is 1. The van der Waals surface area contributed by atoms with Crippen LogP contribution in [-0.4, -0.2) is 24.1 Å². The number of esters is 1. The molecule has 76 valence electrons. The number of unbranched alkanes of at least 4 members (excludes halogenated alkanes) is 1. The zero-order valence-corrected chi connectivity index (χ0v) is 9.59. The molecule has 0 amide bonds. The van der Waals surface area contributed by atoms with Gasteiger partial charge >= 0.3 is 5.97 Å². The van der Waals surface area contributed by atoms with Crippen molar-refractivity contribution in [1.82, 2.24) is 0 Å². The number of carbonyl (C=O) groups excluding carboxylic acids is 1. The summed E-state index contributed by atoms with van der Waals surface area (Å²) in [7, 11) is 5.43. The Labute approximate surface area is 87.6 Å². The summed E-state index contributed by atoms with van der Waals surface area (Å²) in [4.78, 5) is 10.8. The molecule has 2 nitrogen and oxygen atoms in total. The van der Waals surface area contributed by atoms with Crippen molar-refractivity contribution in [3.05, 3.63) is 0 Å². The van der Waals surface area contributed by atoms with Crippen molar-refractivity contribution in [2.24, 2.45) is 0 Å². The minimum Gasteiger partial charge on any atom is -0.469 e. The van der Waals surface area contributed by atoms with Gasteiger partial charge in [0.2, 0.25) is 0 Å². The van der Waals surface area contributed by atoms with Crippen LogP contribution in [0.1, 0.15) is 32.1 Å². The van der Waals surface area contributed by atoms with Crippen molar-refractivity contribution in [2.45, 2.75) is 37.4 Å². The normalized spacial score (nSPS) is 21.8. The van der Waals surface area contributed by atoms with Gasteiger partial charge in [-0.15, -0.1) is 0 Å². The summed E-state index contributed by atoms with van der Waals surface area (Å²) in [5.74, 6) is 1.22. The van der Waals surface area contributed by atoms with Gasteiger partial charge in [0, 0.05) is 17.4 Å². The predicted octanol–water partition coefficient (Wildman–Crippen LogP) is 2.87. The third-order valence-electron chi connectivity index (χ3n) is 2.11. The minimum atomic E-state index is -0.0755. The van der Waals surface area contributed by atoms with Crippen molar-refractivity contribution >= 4 is 27.6 Å². The summed E-state index contributed by atoms with van der Waals surface area (Å²) in [5.41, 5.74) is 0. The fourth-order valence-corrected chi connectivity index (χ4v) is 4.34. The zero-order chi connectivity index (χ0) is 9.52. The molecule has 1 aliphatic heterocycles. The van der Waals surface area contributed by atoms with Gasteiger partial charge in [-0.3, -0.25) is 4.79 Å². The van der Waals surface area contributed by atoms with Crippen LogP contribution in [0.2, 0.25) is 0 Å². The van der Waals surface area contributed by atoms with E-state index < -0.39 is 0 Å². The lowest BCUT2D eigenvalue weighted by Crippen LogP contribution is -2.01. The van der Waals surface area contributed by atoms with Crippen molar-refractivity contribution < 1.29 is 9.53 Å². The summed E-state index contributed by atoms with van der Waals surface area (Å²) >= 11 is 0. The number of hydrogen-bond acceptors (Lipinski definition) is 4. The van der Waals surface area contributed by atoms with E-state index in [0.29, 0.717) is 6.42 Å². The maximum Gasteiger partial charge on any atom is 0.305 e. The third kappa shape index (κ3) is 4.81. The molecule has 0 saturated carbocycles. The van der Waals surface area contributed by atoms with Crippen LogP contribution in [0.3, 0.4) is 0 Å². The lowest BCUT2D eigenvalue weighted by molar-refractivity contribution is -0.140. The molecule has 1 atom stereocenters. The second-order valence-electron chi connectivity index (χ2n) is 3.15. The Balaban J connectivity index is 1.91. The molecular weight excluding hydrogens is 204 g/mol. The van der Waals surface area contributed by atoms with E-state index in [9.17, 15) is 4.79 Å². The van der Waals surface area contributed by atoms with Gasteiger partial charge in [0.25, 0.3) is 0 Å². The van der Waals surface area contributed by atoms with Gasteiger partial charge in [-0.2, -0.15) is 0 Å². The van der Waals surface area contributed by atoms with Gasteiger partial charge < -0.3 is 4.74 Å². The molecule has 1 aliphatic rings. The second-order valence-corrected chi connectivity index (χ2v) is 5.94. The molecule has 0 aromatic heterocycles. The third-order valence-corrected chi connectivity index (χ3v) is 5.12. The number of hydrogen-bond donors (Lipinski definition) is 0. The van der Waals surface area contributed by atoms with Crippen LogP contribution in [-0.2, 0) is 9.53 Å². The van der Waals surface area contributed by atoms with Crippen LogP contribution in [0.5, 0.6) is 0 Å². The van der Waals surface area contributed by atoms with Crippen LogP contribution in [0.4, 0.5) is 0 Å². The van der Waals surface area contributed by atoms with Gasteiger partial charge in [-0.1, -0.05) is 28.0 Å². The summed E-state index contributed by atoms with van der Waals surface area (Å²) in [6, 6.07) is 0. The Bertz CT molecular complexity index is 156. The average molecular weight is 220 g/mol. The highest BCUT2D eigenvalue weighted by Gasteiger charge is 2.15. The van der Waals surface area contributed by atoms with E-state index >= 15 is 0 Å². The van der Waals surface area contributed by atoms with Crippen molar-refractivity contribution in [1.29, 1.82) is 0 Å². The SMILES string of the molecule is COC(=O)CCCC[C@H]1CCSS1. The lowest BCUT2D eigenvalue weighted by atomic mass is 10.1. The Morgan fingerprint density at radius 1 is 1.54 bits per heavy atom. The lowest BCUT2D eigenvalue weighted by Gasteiger charge is -2.05. The highest BCUT2D eigenvalue weighted by atomic mass is 33.1. The molecule has 4 heteroatoms. The second kappa shape index (κ2) is 6.60. The molecule has 13 heavy (non-hydrogen) atoms. The van der Waals surface area contributed by atoms with E-state index in [1.54, 1.807) is 0 Å². The Kier molecular flexibility index (Phi) is 5.71. The summed E-state index contributed by atoms with van der Waals surface area (Å²) < 4.78 is 4.57. The largest absolute Gasteiger partial charge is 0.469 e. The molecule has 0 spiro atoms. The van der Waals surface area contributed by atoms with E-state index in [-0.39, 0.29) is 5.97 Å². The molecule has 0 aromatic rings. The van der Waals surface area contributed by atoms with Crippen LogP contribution < -0.4 is 0 Å². The minimum absolute atomic E-state index is 0.0755. The quantitative estimate of drug-likeness (QED) is 0.404. The van der Waals surface area contributed by atoms with Gasteiger partial charge in [0.1, 0.15) is 0 Å². The molecular formula is C9H16O2S2. The summed E-state index contributed by atoms with van der Waals surface area (Å²) in [6.07, 6.45) is 5.32. The number of rotatable bonds is 5. The molecule has 0 N–H and O–H groups in total. The van der Waals surface area contributed by atoms with Crippen LogP contribution in [0.25, 0.3) is 0 Å². The van der Waals surface area contributed by atoms with Crippen molar-refractivity contribution in [2.75, 3.05) is 12.9 Å². The molecule has 1 heterocycles. The molecule has 0 bridgehead atoms. The Hall–Kier alpha value is 0.170. The zero-order valence-electron chi connectivity index (χ0n) is 7.95. The molecule has 0 unspecified atom stereocenters. The van der Waals surface area contributed by atoms with Gasteiger partial charge in [-0.25, -0.2) is 0 Å². The first kappa shape index (κ1) is 11.2. The molecule has 1 saturated heterocycles. The van der Waals surface area contributed by atoms with Gasteiger partial charge in [-0.05, 0) is 19.3 Å². The average Bonchev–Trinajstić information content (AvgIpc) is 2.64. The van der Waals surface area contributed by atoms with Gasteiger partial charge in [0.05, 0.1) is 7.11 Å². The maximum atomic E-state index is 10.8. The standard InChI is InChI=1S/C9H16O2S2/c1-11-9(10)5-3-2-4-8-6-7-12-13-8/h8H,2-7H2,1H3/t8-/m0/s1. The van der Waals surface area contributed by atoms with Crippen LogP contribution in [0, 0.1) is 0 Å². The van der Waals surface area contributed by atoms with E-state index in [2.05, 4.69) is 4.74 Å². The summed E-state index contributed by atoms with van der Waals surface area (Å²) in [6.45, 7) is 0. The highest BCUT2D eigenvalue weighted by molar-refractivity contribution is 8.77. The van der Waals surface area contributed by atoms with Crippen LogP contribution in [0.15, 0.2) is 0 Å². The summed E-state index contributed by atoms with van der Waals surface area (Å²) in [5, 5.41) is 0.836. The molecule has 0 aliphatic carbocycles. The van der Waals surface area contributed by atoms with Crippen LogP contribution >= 0.6 is 21.6 Å². The first-order valence-corrected chi connectivity index (χ1v) is 7.06. The fraction of sp³-hybridized carbons (Fsp3) is 0.889. The predicted molar refractivity (Wildman–Crippen MR) is 58.9 cm³/mol. The first-order chi connectivity index (χ1) is 6.33. The van der Waals surface area contributed by atoms with E-state index in [4.69, 9.17) is 0 Å². The highest BCUT2D eigenvalue weighted by Crippen LogP contribution is 2.39. The number of methoxy groups -OCH3 is 1. The van der Waals surface area contributed by atoms with Crippen molar-refractivity contribution in [3.8, 4) is 0 Å². The Morgan fingerprint density at radius 2 is 2.38 bits per heavy atom. The smallest absolute Gasteiger partial charge is 0.305 e. The van der Waals surface area contributed by atoms with E-state index in [1.165, 1.54) is 25.7 Å². The fourth-order valence-electron chi connectivity index (χ4n) is 1.31. The molecule has 0 radical (unpaired) electrons.